The quantitative estimate of drug-likeness (QED) is 0.613. The van der Waals surface area contributed by atoms with E-state index >= 15 is 0 Å². The van der Waals surface area contributed by atoms with E-state index in [-0.39, 0.29) is 24.5 Å². The molecule has 1 fully saturated rings. The molecule has 0 spiro atoms. The van der Waals surface area contributed by atoms with Gasteiger partial charge >= 0.3 is 5.97 Å². The summed E-state index contributed by atoms with van der Waals surface area (Å²) in [5.74, 6) is -1.63. The standard InChI is InChI=1S/C15H15N5O6/c1-9-6-18(8-13(26-9)15(22)23)14(21)12-7-19(17-16-12)10-3-2-4-11(5-10)20(24)25/h2-5,7,9,13H,6,8H2,1H3,(H,22,23)/t9-,13?/m1/s1. The molecule has 1 amide bonds. The first kappa shape index (κ1) is 17.5. The number of nitro groups is 1. The van der Waals surface area contributed by atoms with Crippen molar-refractivity contribution in [3.63, 3.8) is 0 Å². The smallest absolute Gasteiger partial charge is 0.334 e. The summed E-state index contributed by atoms with van der Waals surface area (Å²) in [6.45, 7) is 1.81. The minimum Gasteiger partial charge on any atom is -0.479 e. The molecular weight excluding hydrogens is 346 g/mol. The lowest BCUT2D eigenvalue weighted by Crippen LogP contribution is -2.51. The minimum atomic E-state index is -1.14. The van der Waals surface area contributed by atoms with Crippen molar-refractivity contribution in [3.05, 3.63) is 46.3 Å². The van der Waals surface area contributed by atoms with Crippen molar-refractivity contribution >= 4 is 17.6 Å². The monoisotopic (exact) mass is 361 g/mol. The summed E-state index contributed by atoms with van der Waals surface area (Å²) in [7, 11) is 0. The average Bonchev–Trinajstić information content (AvgIpc) is 3.10. The van der Waals surface area contributed by atoms with Gasteiger partial charge in [0.1, 0.15) is 0 Å². The fourth-order valence-electron chi connectivity index (χ4n) is 2.65. The predicted octanol–water partition coefficient (Wildman–Crippen LogP) is 0.490. The molecule has 2 aromatic rings. The first-order valence-corrected chi connectivity index (χ1v) is 7.70. The number of carboxylic acids is 1. The van der Waals surface area contributed by atoms with Gasteiger partial charge in [0.25, 0.3) is 11.6 Å². The van der Waals surface area contributed by atoms with E-state index in [9.17, 15) is 19.7 Å². The Kier molecular flexibility index (Phi) is 4.63. The highest BCUT2D eigenvalue weighted by Gasteiger charge is 2.33. The van der Waals surface area contributed by atoms with Gasteiger partial charge in [0.2, 0.25) is 0 Å². The Labute approximate surface area is 146 Å². The van der Waals surface area contributed by atoms with E-state index in [1.165, 1.54) is 34.0 Å². The Morgan fingerprint density at radius 2 is 2.15 bits per heavy atom. The molecule has 3 rings (SSSR count). The summed E-state index contributed by atoms with van der Waals surface area (Å²) in [4.78, 5) is 35.4. The highest BCUT2D eigenvalue weighted by molar-refractivity contribution is 5.92. The number of carbonyl (C=O) groups excluding carboxylic acids is 1. The van der Waals surface area contributed by atoms with Crippen LogP contribution in [0.25, 0.3) is 5.69 Å². The van der Waals surface area contributed by atoms with Gasteiger partial charge in [-0.05, 0) is 13.0 Å². The van der Waals surface area contributed by atoms with E-state index in [0.29, 0.717) is 5.69 Å². The molecule has 0 bridgehead atoms. The molecule has 136 valence electrons. The van der Waals surface area contributed by atoms with Gasteiger partial charge in [0.05, 0.1) is 29.5 Å². The Balaban J connectivity index is 1.81. The largest absolute Gasteiger partial charge is 0.479 e. The lowest BCUT2D eigenvalue weighted by atomic mass is 10.2. The normalized spacial score (nSPS) is 20.0. The lowest BCUT2D eigenvalue weighted by Gasteiger charge is -2.34. The van der Waals surface area contributed by atoms with Crippen molar-refractivity contribution in [2.24, 2.45) is 0 Å². The number of hydrogen-bond acceptors (Lipinski definition) is 7. The molecule has 1 saturated heterocycles. The summed E-state index contributed by atoms with van der Waals surface area (Å²) in [5.41, 5.74) is 0.274. The van der Waals surface area contributed by atoms with E-state index in [1.54, 1.807) is 13.0 Å². The third kappa shape index (κ3) is 3.52. The average molecular weight is 361 g/mol. The Hall–Kier alpha value is -3.34. The number of hydrogen-bond donors (Lipinski definition) is 1. The molecule has 1 aromatic heterocycles. The Bertz CT molecular complexity index is 866. The zero-order valence-electron chi connectivity index (χ0n) is 13.7. The number of amides is 1. The van der Waals surface area contributed by atoms with Crippen LogP contribution in [-0.4, -0.2) is 67.1 Å². The topological polar surface area (TPSA) is 141 Å². The number of benzene rings is 1. The van der Waals surface area contributed by atoms with E-state index < -0.39 is 29.0 Å². The minimum absolute atomic E-state index is 0.00902. The summed E-state index contributed by atoms with van der Waals surface area (Å²) in [5, 5.41) is 27.6. The van der Waals surface area contributed by atoms with Gasteiger partial charge in [0.15, 0.2) is 11.8 Å². The number of nitrogens with zero attached hydrogens (tertiary/aromatic N) is 5. The van der Waals surface area contributed by atoms with Crippen LogP contribution in [0.5, 0.6) is 0 Å². The Morgan fingerprint density at radius 3 is 2.85 bits per heavy atom. The molecule has 2 heterocycles. The Morgan fingerprint density at radius 1 is 1.38 bits per heavy atom. The maximum absolute atomic E-state index is 12.6. The molecular formula is C15H15N5O6. The molecule has 1 aromatic carbocycles. The zero-order chi connectivity index (χ0) is 18.8. The first-order valence-electron chi connectivity index (χ1n) is 7.70. The number of non-ortho nitro benzene ring substituents is 1. The maximum Gasteiger partial charge on any atom is 0.334 e. The van der Waals surface area contributed by atoms with Crippen LogP contribution < -0.4 is 0 Å². The van der Waals surface area contributed by atoms with Gasteiger partial charge in [0, 0.05) is 18.7 Å². The van der Waals surface area contributed by atoms with Crippen molar-refractivity contribution in [2.75, 3.05) is 13.1 Å². The van der Waals surface area contributed by atoms with E-state index in [1.807, 2.05) is 0 Å². The lowest BCUT2D eigenvalue weighted by molar-refractivity contribution is -0.384. The number of ether oxygens (including phenoxy) is 1. The fourth-order valence-corrected chi connectivity index (χ4v) is 2.65. The third-order valence-corrected chi connectivity index (χ3v) is 3.84. The number of morpholine rings is 1. The van der Waals surface area contributed by atoms with Crippen LogP contribution in [0.2, 0.25) is 0 Å². The number of carbonyl (C=O) groups is 2. The van der Waals surface area contributed by atoms with Crippen LogP contribution in [0.15, 0.2) is 30.5 Å². The number of aliphatic carboxylic acids is 1. The van der Waals surface area contributed by atoms with Crippen molar-refractivity contribution in [3.8, 4) is 5.69 Å². The van der Waals surface area contributed by atoms with Crippen LogP contribution in [0, 0.1) is 10.1 Å². The molecule has 1 aliphatic rings. The van der Waals surface area contributed by atoms with E-state index in [2.05, 4.69) is 10.3 Å². The van der Waals surface area contributed by atoms with Crippen molar-refractivity contribution < 1.29 is 24.4 Å². The third-order valence-electron chi connectivity index (χ3n) is 3.84. The van der Waals surface area contributed by atoms with Crippen LogP contribution in [0.1, 0.15) is 17.4 Å². The van der Waals surface area contributed by atoms with Gasteiger partial charge < -0.3 is 14.7 Å². The summed E-state index contributed by atoms with van der Waals surface area (Å²) in [6.07, 6.45) is -0.188. The number of rotatable bonds is 4. The van der Waals surface area contributed by atoms with Gasteiger partial charge in [-0.15, -0.1) is 5.10 Å². The molecule has 11 heteroatoms. The number of aromatic nitrogens is 3. The highest BCUT2D eigenvalue weighted by Crippen LogP contribution is 2.17. The van der Waals surface area contributed by atoms with E-state index in [0.717, 1.165) is 0 Å². The number of nitro benzene ring substituents is 1. The second-order valence-corrected chi connectivity index (χ2v) is 5.81. The van der Waals surface area contributed by atoms with Gasteiger partial charge in [-0.3, -0.25) is 14.9 Å². The highest BCUT2D eigenvalue weighted by atomic mass is 16.6. The molecule has 2 atom stereocenters. The zero-order valence-corrected chi connectivity index (χ0v) is 13.7. The summed E-state index contributed by atoms with van der Waals surface area (Å²) in [6, 6.07) is 5.73. The summed E-state index contributed by atoms with van der Waals surface area (Å²) < 4.78 is 6.52. The molecule has 1 N–H and O–H groups in total. The van der Waals surface area contributed by atoms with Gasteiger partial charge in [-0.2, -0.15) is 0 Å². The SMILES string of the molecule is C[C@@H]1CN(C(=O)c2cn(-c3cccc([N+](=O)[O-])c3)nn2)CC(C(=O)O)O1. The molecule has 26 heavy (non-hydrogen) atoms. The van der Waals surface area contributed by atoms with Crippen LogP contribution in [0.3, 0.4) is 0 Å². The van der Waals surface area contributed by atoms with Crippen molar-refractivity contribution in [1.29, 1.82) is 0 Å². The van der Waals surface area contributed by atoms with Crippen molar-refractivity contribution in [1.82, 2.24) is 19.9 Å². The second-order valence-electron chi connectivity index (χ2n) is 5.81. The molecule has 1 unspecified atom stereocenters. The van der Waals surface area contributed by atoms with Crippen molar-refractivity contribution in [2.45, 2.75) is 19.1 Å². The second kappa shape index (κ2) is 6.88. The van der Waals surface area contributed by atoms with Crippen LogP contribution in [0.4, 0.5) is 5.69 Å². The molecule has 0 saturated carbocycles. The van der Waals surface area contributed by atoms with Crippen LogP contribution in [-0.2, 0) is 9.53 Å². The predicted molar refractivity (Wildman–Crippen MR) is 85.9 cm³/mol. The fraction of sp³-hybridized carbons (Fsp3) is 0.333. The first-order chi connectivity index (χ1) is 12.3. The maximum atomic E-state index is 12.6. The van der Waals surface area contributed by atoms with E-state index in [4.69, 9.17) is 9.84 Å². The molecule has 0 radical (unpaired) electrons. The molecule has 0 aliphatic carbocycles. The summed E-state index contributed by atoms with van der Waals surface area (Å²) >= 11 is 0. The molecule has 1 aliphatic heterocycles. The number of carboxylic acid groups (broad SMARTS) is 1. The molecule has 11 nitrogen and oxygen atoms in total. The van der Waals surface area contributed by atoms with Gasteiger partial charge in [-0.1, -0.05) is 11.3 Å². The van der Waals surface area contributed by atoms with Gasteiger partial charge in [-0.25, -0.2) is 9.48 Å². The van der Waals surface area contributed by atoms with Crippen LogP contribution >= 0.6 is 0 Å².